The van der Waals surface area contributed by atoms with Gasteiger partial charge in [0.2, 0.25) is 0 Å². The molecule has 0 spiro atoms. The molecule has 0 saturated heterocycles. The minimum absolute atomic E-state index is 0. The van der Waals surface area contributed by atoms with E-state index in [4.69, 9.17) is 5.11 Å². The molecule has 3 heteroatoms. The number of nitrogens with zero attached hydrogens (tertiary/aromatic N) is 1. The molecule has 1 aliphatic heterocycles. The first-order valence-electron chi connectivity index (χ1n) is 3.10. The van der Waals surface area contributed by atoms with E-state index in [2.05, 4.69) is 19.4 Å². The largest absolute Gasteiger partial charge is 1.00 e. The van der Waals surface area contributed by atoms with Crippen LogP contribution in [0.5, 0.6) is 0 Å². The average molecular weight is 253 g/mol. The average Bonchev–Trinajstić information content (AvgIpc) is 2.16. The van der Waals surface area contributed by atoms with Crippen molar-refractivity contribution in [3.63, 3.8) is 0 Å². The van der Waals surface area contributed by atoms with Crippen LogP contribution in [0.25, 0.3) is 0 Å². The van der Waals surface area contributed by atoms with Crippen molar-refractivity contribution in [2.24, 2.45) is 0 Å². The van der Waals surface area contributed by atoms with Crippen molar-refractivity contribution < 1.29 is 33.6 Å². The normalized spacial score (nSPS) is 19.0. The number of hydrogen-bond acceptors (Lipinski definition) is 1. The van der Waals surface area contributed by atoms with Gasteiger partial charge in [0, 0.05) is 0 Å². The monoisotopic (exact) mass is 253 g/mol. The Morgan fingerprint density at radius 3 is 2.20 bits per heavy atom. The fraction of sp³-hybridized carbons (Fsp3) is 0.429. The van der Waals surface area contributed by atoms with E-state index >= 15 is 0 Å². The summed E-state index contributed by atoms with van der Waals surface area (Å²) in [4.78, 5) is 0. The molecule has 1 N–H and O–H groups in total. The molecule has 0 amide bonds. The summed E-state index contributed by atoms with van der Waals surface area (Å²) in [5.41, 5.74) is 0. The smallest absolute Gasteiger partial charge is 0.110 e. The highest BCUT2D eigenvalue weighted by atomic mass is 127. The van der Waals surface area contributed by atoms with Gasteiger partial charge >= 0.3 is 0 Å². The maximum atomic E-state index is 8.61. The Morgan fingerprint density at radius 2 is 1.80 bits per heavy atom. The summed E-state index contributed by atoms with van der Waals surface area (Å²) in [6.45, 7) is 1.01. The Hall–Kier alpha value is 0.130. The predicted octanol–water partition coefficient (Wildman–Crippen LogP) is -2.53. The van der Waals surface area contributed by atoms with E-state index in [9.17, 15) is 0 Å². The van der Waals surface area contributed by atoms with Crippen LogP contribution in [-0.2, 0) is 0 Å². The van der Waals surface area contributed by atoms with Crippen LogP contribution in [-0.4, -0.2) is 29.8 Å². The number of rotatable bonds is 2. The fourth-order valence-electron chi connectivity index (χ4n) is 0.907. The molecule has 0 aromatic heterocycles. The molecule has 0 fully saturated rings. The van der Waals surface area contributed by atoms with Crippen LogP contribution < -0.4 is 24.0 Å². The lowest BCUT2D eigenvalue weighted by atomic mass is 10.5. The van der Waals surface area contributed by atoms with Crippen molar-refractivity contribution in [1.82, 2.24) is 0 Å². The molecule has 0 aromatic rings. The zero-order valence-electron chi connectivity index (χ0n) is 6.00. The second-order valence-corrected chi connectivity index (χ2v) is 2.48. The third-order valence-electron chi connectivity index (χ3n) is 1.55. The van der Waals surface area contributed by atoms with E-state index in [1.165, 1.54) is 0 Å². The summed E-state index contributed by atoms with van der Waals surface area (Å²) in [6.07, 6.45) is 8.10. The summed E-state index contributed by atoms with van der Waals surface area (Å²) in [7, 11) is 2.05. The molecule has 58 valence electrons. The zero-order chi connectivity index (χ0) is 6.74. The zero-order valence-corrected chi connectivity index (χ0v) is 8.15. The molecule has 0 bridgehead atoms. The van der Waals surface area contributed by atoms with E-state index in [0.717, 1.165) is 11.0 Å². The maximum Gasteiger partial charge on any atom is 0.110 e. The minimum atomic E-state index is 0. The van der Waals surface area contributed by atoms with Gasteiger partial charge in [0.05, 0.1) is 13.7 Å². The lowest BCUT2D eigenvalue weighted by molar-refractivity contribution is -0.804. The number of quaternary nitrogens is 1. The highest BCUT2D eigenvalue weighted by Crippen LogP contribution is 2.10. The van der Waals surface area contributed by atoms with E-state index < -0.39 is 0 Å². The molecular weight excluding hydrogens is 241 g/mol. The van der Waals surface area contributed by atoms with Crippen molar-refractivity contribution in [3.05, 3.63) is 24.6 Å². The van der Waals surface area contributed by atoms with Gasteiger partial charge < -0.3 is 29.1 Å². The molecule has 0 unspecified atom stereocenters. The standard InChI is InChI=1S/C7H12NO.HI/c1-8(6-7-9)4-2-3-5-8;/h2-5,9H,6-7H2,1H3;1H/q+1;/p-1. The molecule has 1 aliphatic rings. The molecule has 0 saturated carbocycles. The van der Waals surface area contributed by atoms with Crippen LogP contribution in [0.3, 0.4) is 0 Å². The fourth-order valence-corrected chi connectivity index (χ4v) is 0.907. The molecule has 0 radical (unpaired) electrons. The Balaban J connectivity index is 0.000000810. The summed E-state index contributed by atoms with van der Waals surface area (Å²) >= 11 is 0. The second-order valence-electron chi connectivity index (χ2n) is 2.48. The Morgan fingerprint density at radius 1 is 1.30 bits per heavy atom. The molecule has 0 aromatic carbocycles. The van der Waals surface area contributed by atoms with Crippen LogP contribution in [0.2, 0.25) is 0 Å². The van der Waals surface area contributed by atoms with Crippen molar-refractivity contribution in [3.8, 4) is 0 Å². The molecule has 10 heavy (non-hydrogen) atoms. The Bertz CT molecular complexity index is 142. The molecule has 0 atom stereocenters. The number of aliphatic hydroxyl groups is 1. The highest BCUT2D eigenvalue weighted by molar-refractivity contribution is 5.03. The van der Waals surface area contributed by atoms with Gasteiger partial charge in [-0.3, -0.25) is 4.48 Å². The Kier molecular flexibility index (Phi) is 4.15. The quantitative estimate of drug-likeness (QED) is 0.425. The van der Waals surface area contributed by atoms with Crippen molar-refractivity contribution in [2.45, 2.75) is 0 Å². The lowest BCUT2D eigenvalue weighted by Crippen LogP contribution is -3.00. The number of likely N-dealkylation sites (N-methyl/N-ethyl adjacent to an activating group) is 1. The molecule has 1 heterocycles. The Labute approximate surface area is 78.5 Å². The van der Waals surface area contributed by atoms with Crippen LogP contribution in [0.4, 0.5) is 0 Å². The van der Waals surface area contributed by atoms with E-state index in [0.29, 0.717) is 0 Å². The minimum Gasteiger partial charge on any atom is -1.00 e. The first-order chi connectivity index (χ1) is 4.27. The third kappa shape index (κ3) is 2.40. The van der Waals surface area contributed by atoms with Gasteiger partial charge in [-0.1, -0.05) is 0 Å². The van der Waals surface area contributed by atoms with Crippen molar-refractivity contribution in [2.75, 3.05) is 20.2 Å². The molecule has 1 rings (SSSR count). The van der Waals surface area contributed by atoms with Crippen LogP contribution in [0.15, 0.2) is 24.6 Å². The van der Waals surface area contributed by atoms with E-state index in [-0.39, 0.29) is 30.6 Å². The van der Waals surface area contributed by atoms with Gasteiger partial charge in [-0.15, -0.1) is 0 Å². The van der Waals surface area contributed by atoms with E-state index in [1.54, 1.807) is 0 Å². The number of halogens is 1. The van der Waals surface area contributed by atoms with Gasteiger partial charge in [-0.05, 0) is 12.2 Å². The van der Waals surface area contributed by atoms with Crippen LogP contribution >= 0.6 is 0 Å². The SMILES string of the molecule is C[N+]1(CCO)C=CC=C1.[I-]. The van der Waals surface area contributed by atoms with Gasteiger partial charge in [-0.25, -0.2) is 0 Å². The first-order valence-corrected chi connectivity index (χ1v) is 3.10. The number of aliphatic hydroxyl groups excluding tert-OH is 1. The van der Waals surface area contributed by atoms with Gasteiger partial charge in [0.15, 0.2) is 0 Å². The van der Waals surface area contributed by atoms with Gasteiger partial charge in [-0.2, -0.15) is 0 Å². The predicted molar refractivity (Wildman–Crippen MR) is 36.4 cm³/mol. The first kappa shape index (κ1) is 10.1. The highest BCUT2D eigenvalue weighted by Gasteiger charge is 2.15. The molecular formula is C7H12INO. The number of hydrogen-bond donors (Lipinski definition) is 1. The summed E-state index contributed by atoms with van der Waals surface area (Å²) < 4.78 is 0.733. The van der Waals surface area contributed by atoms with Crippen molar-refractivity contribution >= 4 is 0 Å². The van der Waals surface area contributed by atoms with Crippen molar-refractivity contribution in [1.29, 1.82) is 0 Å². The summed E-state index contributed by atoms with van der Waals surface area (Å²) in [6, 6.07) is 0. The van der Waals surface area contributed by atoms with Crippen LogP contribution in [0.1, 0.15) is 0 Å². The second kappa shape index (κ2) is 4.10. The third-order valence-corrected chi connectivity index (χ3v) is 1.55. The number of allylic oxidation sites excluding steroid dienone is 2. The van der Waals surface area contributed by atoms with E-state index in [1.807, 2.05) is 12.2 Å². The molecule has 0 aliphatic carbocycles. The van der Waals surface area contributed by atoms with Gasteiger partial charge in [0.1, 0.15) is 18.9 Å². The maximum absolute atomic E-state index is 8.61. The lowest BCUT2D eigenvalue weighted by Gasteiger charge is -2.21. The van der Waals surface area contributed by atoms with Gasteiger partial charge in [0.25, 0.3) is 0 Å². The summed E-state index contributed by atoms with van der Waals surface area (Å²) in [5, 5.41) is 8.61. The topological polar surface area (TPSA) is 20.2 Å². The van der Waals surface area contributed by atoms with Crippen LogP contribution in [0, 0.1) is 0 Å². The molecule has 2 nitrogen and oxygen atoms in total. The summed E-state index contributed by atoms with van der Waals surface area (Å²) in [5.74, 6) is 0.